The average molecular weight is 521 g/mol. The molecule has 0 aliphatic carbocycles. The second-order valence-corrected chi connectivity index (χ2v) is 12.1. The normalized spacial score (nSPS) is 14.3. The third-order valence-electron chi connectivity index (χ3n) is 6.68. The number of ketones is 1. The molecule has 0 aliphatic heterocycles. The van der Waals surface area contributed by atoms with Crippen LogP contribution in [0.4, 0.5) is 0 Å². The Balaban J connectivity index is 3.88. The molecule has 6 nitrogen and oxygen atoms in total. The van der Waals surface area contributed by atoms with Gasteiger partial charge in [-0.3, -0.25) is 13.8 Å². The molecule has 0 radical (unpaired) electrons. The second-order valence-electron chi connectivity index (χ2n) is 10.6. The quantitative estimate of drug-likeness (QED) is 0.0910. The molecule has 0 heterocycles. The lowest BCUT2D eigenvalue weighted by atomic mass is 9.95. The molecule has 0 fully saturated rings. The van der Waals surface area contributed by atoms with Crippen molar-refractivity contribution < 1.29 is 28.2 Å². The fourth-order valence-electron chi connectivity index (χ4n) is 4.36. The summed E-state index contributed by atoms with van der Waals surface area (Å²) < 4.78 is 22.5. The Labute approximate surface area is 217 Å². The monoisotopic (exact) mass is 520 g/mol. The van der Waals surface area contributed by atoms with E-state index in [1.54, 1.807) is 0 Å². The zero-order chi connectivity index (χ0) is 26.2. The van der Waals surface area contributed by atoms with Gasteiger partial charge in [0.1, 0.15) is 5.78 Å². The number of phosphoric acid groups is 1. The summed E-state index contributed by atoms with van der Waals surface area (Å²) in [7, 11) is 0.00679. The van der Waals surface area contributed by atoms with Crippen LogP contribution < -0.4 is 4.90 Å². The van der Waals surface area contributed by atoms with Crippen molar-refractivity contribution in [1.82, 2.24) is 0 Å². The number of Topliss-reactive ketones (excluding diaryl/α,β-unsaturated/α-hetero) is 1. The van der Waals surface area contributed by atoms with E-state index in [4.69, 9.17) is 9.05 Å². The summed E-state index contributed by atoms with van der Waals surface area (Å²) in [5.74, 6) is 0.168. The number of carbonyl (C=O) groups is 1. The van der Waals surface area contributed by atoms with Gasteiger partial charge < -0.3 is 9.79 Å². The van der Waals surface area contributed by atoms with Crippen molar-refractivity contribution >= 4 is 13.6 Å². The fraction of sp³-hybridized carbons (Fsp3) is 0.964. The first-order valence-electron chi connectivity index (χ1n) is 14.7. The van der Waals surface area contributed by atoms with Crippen molar-refractivity contribution in [2.24, 2.45) is 5.92 Å². The molecule has 0 aromatic carbocycles. The number of hydrogen-bond donors (Lipinski definition) is 2. The van der Waals surface area contributed by atoms with E-state index >= 15 is 0 Å². The van der Waals surface area contributed by atoms with E-state index in [0.29, 0.717) is 19.3 Å². The van der Waals surface area contributed by atoms with Crippen LogP contribution >= 0.6 is 7.82 Å². The van der Waals surface area contributed by atoms with Gasteiger partial charge in [0.2, 0.25) is 0 Å². The first-order chi connectivity index (χ1) is 16.8. The highest BCUT2D eigenvalue weighted by molar-refractivity contribution is 7.47. The predicted octanol–water partition coefficient (Wildman–Crippen LogP) is 6.90. The molecule has 35 heavy (non-hydrogen) atoms. The minimum atomic E-state index is -4.05. The summed E-state index contributed by atoms with van der Waals surface area (Å²) in [5.41, 5.74) is 0. The molecular formula is C28H59NO5P+. The summed E-state index contributed by atoms with van der Waals surface area (Å²) in [6.07, 6.45) is 22.3. The van der Waals surface area contributed by atoms with E-state index in [-0.39, 0.29) is 24.9 Å². The highest BCUT2D eigenvalue weighted by atomic mass is 31.2. The summed E-state index contributed by atoms with van der Waals surface area (Å²) in [5, 5.41) is 0. The number of carbonyl (C=O) groups excluding carboxylic acids is 1. The summed E-state index contributed by atoms with van der Waals surface area (Å²) in [6, 6.07) is 0. The second kappa shape index (κ2) is 24.1. The van der Waals surface area contributed by atoms with E-state index in [1.807, 2.05) is 21.0 Å². The smallest absolute Gasteiger partial charge is 0.340 e. The summed E-state index contributed by atoms with van der Waals surface area (Å²) in [6.45, 7) is 5.31. The van der Waals surface area contributed by atoms with Gasteiger partial charge in [-0.15, -0.1) is 0 Å². The van der Waals surface area contributed by atoms with Crippen LogP contribution in [0, 0.1) is 5.92 Å². The molecule has 0 aliphatic rings. The number of nitrogens with one attached hydrogen (secondary N) is 1. The molecule has 0 aromatic rings. The van der Waals surface area contributed by atoms with Crippen LogP contribution in [0.3, 0.4) is 0 Å². The van der Waals surface area contributed by atoms with Crippen molar-refractivity contribution in [2.45, 2.75) is 136 Å². The summed E-state index contributed by atoms with van der Waals surface area (Å²) >= 11 is 0. The van der Waals surface area contributed by atoms with E-state index in [0.717, 1.165) is 25.8 Å². The molecule has 2 atom stereocenters. The zero-order valence-electron chi connectivity index (χ0n) is 23.7. The molecule has 0 spiro atoms. The third-order valence-corrected chi connectivity index (χ3v) is 7.66. The molecular weight excluding hydrogens is 461 g/mol. The van der Waals surface area contributed by atoms with Crippen molar-refractivity contribution in [2.75, 3.05) is 33.9 Å². The van der Waals surface area contributed by atoms with Gasteiger partial charge in [-0.2, -0.15) is 0 Å². The number of quaternary nitrogens is 1. The predicted molar refractivity (Wildman–Crippen MR) is 147 cm³/mol. The van der Waals surface area contributed by atoms with Crippen molar-refractivity contribution in [3.8, 4) is 0 Å². The highest BCUT2D eigenvalue weighted by Crippen LogP contribution is 2.44. The maximum Gasteiger partial charge on any atom is 0.472 e. The molecule has 7 heteroatoms. The largest absolute Gasteiger partial charge is 0.472 e. The van der Waals surface area contributed by atoms with Gasteiger partial charge in [-0.1, -0.05) is 110 Å². The van der Waals surface area contributed by atoms with Gasteiger partial charge in [0.15, 0.2) is 0 Å². The first kappa shape index (κ1) is 34.7. The molecule has 2 unspecified atom stereocenters. The van der Waals surface area contributed by atoms with Gasteiger partial charge in [0.25, 0.3) is 0 Å². The Bertz CT molecular complexity index is 529. The maximum atomic E-state index is 12.2. The lowest BCUT2D eigenvalue weighted by Gasteiger charge is -2.19. The Morgan fingerprint density at radius 2 is 1.26 bits per heavy atom. The van der Waals surface area contributed by atoms with Crippen LogP contribution in [0.2, 0.25) is 0 Å². The SMILES string of the molecule is CCCCCCCCCCCCCCCCCC(COP(=O)(O)OCCC[NH+](C)C)CC(=O)CC. The number of unbranched alkanes of at least 4 members (excludes halogenated alkanes) is 14. The van der Waals surface area contributed by atoms with E-state index in [2.05, 4.69) is 6.92 Å². The molecule has 0 bridgehead atoms. The molecule has 0 saturated carbocycles. The first-order valence-corrected chi connectivity index (χ1v) is 16.2. The lowest BCUT2D eigenvalue weighted by molar-refractivity contribution is -0.858. The van der Waals surface area contributed by atoms with Crippen LogP contribution in [-0.2, 0) is 18.4 Å². The average Bonchev–Trinajstić information content (AvgIpc) is 2.82. The standard InChI is InChI=1S/C28H58NO5P/c1-5-7-8-9-10-11-12-13-14-15-16-17-18-19-20-22-27(25-28(30)6-2)26-34-35(31,32)33-24-21-23-29(3)4/h27H,5-26H2,1-4H3,(H,31,32)/p+1. The number of hydrogen-bond acceptors (Lipinski definition) is 4. The number of phosphoric ester groups is 1. The van der Waals surface area contributed by atoms with E-state index in [1.165, 1.54) is 88.4 Å². The van der Waals surface area contributed by atoms with Crippen LogP contribution in [-0.4, -0.2) is 44.5 Å². The third kappa shape index (κ3) is 25.2. The maximum absolute atomic E-state index is 12.2. The van der Waals surface area contributed by atoms with Crippen molar-refractivity contribution in [3.63, 3.8) is 0 Å². The van der Waals surface area contributed by atoms with Gasteiger partial charge in [0, 0.05) is 19.3 Å². The van der Waals surface area contributed by atoms with Crippen LogP contribution in [0.5, 0.6) is 0 Å². The molecule has 0 saturated heterocycles. The van der Waals surface area contributed by atoms with Gasteiger partial charge in [-0.05, 0) is 12.3 Å². The Kier molecular flexibility index (Phi) is 23.9. The zero-order valence-corrected chi connectivity index (χ0v) is 24.6. The molecule has 2 N–H and O–H groups in total. The Morgan fingerprint density at radius 1 is 0.771 bits per heavy atom. The van der Waals surface area contributed by atoms with Crippen molar-refractivity contribution in [3.05, 3.63) is 0 Å². The minimum Gasteiger partial charge on any atom is -0.340 e. The van der Waals surface area contributed by atoms with Gasteiger partial charge >= 0.3 is 7.82 Å². The molecule has 0 aromatic heterocycles. The fourth-order valence-corrected chi connectivity index (χ4v) is 5.19. The Hall–Kier alpha value is -0.260. The number of rotatable bonds is 27. The summed E-state index contributed by atoms with van der Waals surface area (Å²) in [4.78, 5) is 23.2. The highest BCUT2D eigenvalue weighted by Gasteiger charge is 2.24. The minimum absolute atomic E-state index is 0.0142. The van der Waals surface area contributed by atoms with Gasteiger partial charge in [0.05, 0.1) is 33.9 Å². The van der Waals surface area contributed by atoms with Gasteiger partial charge in [-0.25, -0.2) is 4.57 Å². The van der Waals surface area contributed by atoms with Crippen LogP contribution in [0.1, 0.15) is 136 Å². The van der Waals surface area contributed by atoms with Crippen LogP contribution in [0.25, 0.3) is 0 Å². The molecule has 0 amide bonds. The van der Waals surface area contributed by atoms with E-state index < -0.39 is 7.82 Å². The molecule has 210 valence electrons. The van der Waals surface area contributed by atoms with Crippen molar-refractivity contribution in [1.29, 1.82) is 0 Å². The lowest BCUT2D eigenvalue weighted by Crippen LogP contribution is -3.05. The van der Waals surface area contributed by atoms with Crippen LogP contribution in [0.15, 0.2) is 0 Å². The Morgan fingerprint density at radius 3 is 1.71 bits per heavy atom. The topological polar surface area (TPSA) is 77.3 Å². The van der Waals surface area contributed by atoms with E-state index in [9.17, 15) is 14.3 Å². The molecule has 0 rings (SSSR count).